The average Bonchev–Trinajstić information content (AvgIpc) is 2.34. The van der Waals surface area contributed by atoms with Crippen LogP contribution in [0.1, 0.15) is 23.7 Å². The highest BCUT2D eigenvalue weighted by Gasteiger charge is 2.21. The molecule has 1 unspecified atom stereocenters. The largest absolute Gasteiger partial charge is 0.496 e. The molecule has 1 aromatic carbocycles. The molecule has 0 heterocycles. The molecule has 0 aliphatic rings. The van der Waals surface area contributed by atoms with Gasteiger partial charge in [0.05, 0.1) is 13.2 Å². The van der Waals surface area contributed by atoms with Crippen LogP contribution in [-0.4, -0.2) is 23.3 Å². The lowest BCUT2D eigenvalue weighted by molar-refractivity contribution is -0.147. The van der Waals surface area contributed by atoms with Crippen molar-refractivity contribution in [3.8, 4) is 11.8 Å². The predicted molar refractivity (Wildman–Crippen MR) is 59.5 cm³/mol. The Bertz CT molecular complexity index is 450. The Morgan fingerprint density at radius 1 is 1.59 bits per heavy atom. The van der Waals surface area contributed by atoms with Crippen molar-refractivity contribution in [2.24, 2.45) is 0 Å². The van der Waals surface area contributed by atoms with Gasteiger partial charge in [-0.1, -0.05) is 18.2 Å². The van der Waals surface area contributed by atoms with Gasteiger partial charge in [0, 0.05) is 12.0 Å². The Kier molecular flexibility index (Phi) is 4.49. The monoisotopic (exact) mass is 235 g/mol. The van der Waals surface area contributed by atoms with Gasteiger partial charge < -0.3 is 14.9 Å². The Balaban J connectivity index is 3.14. The number of para-hydroxylation sites is 1. The number of aliphatic hydroxyl groups is 1. The molecule has 0 aliphatic heterocycles. The number of ether oxygens (including phenoxy) is 1. The zero-order chi connectivity index (χ0) is 12.8. The zero-order valence-corrected chi connectivity index (χ0v) is 9.38. The van der Waals surface area contributed by atoms with Gasteiger partial charge in [-0.15, -0.1) is 0 Å². The maximum Gasteiger partial charge on any atom is 0.337 e. The third-order valence-corrected chi connectivity index (χ3v) is 2.37. The molecule has 90 valence electrons. The number of hydrogen-bond donors (Lipinski definition) is 2. The second-order valence-corrected chi connectivity index (χ2v) is 3.44. The molecule has 1 rings (SSSR count). The molecule has 0 amide bonds. The number of rotatable bonds is 5. The first-order valence-corrected chi connectivity index (χ1v) is 5.05. The molecule has 0 saturated carbocycles. The molecule has 0 aromatic heterocycles. The highest BCUT2D eigenvalue weighted by Crippen LogP contribution is 2.30. The van der Waals surface area contributed by atoms with Crippen LogP contribution in [0.5, 0.6) is 5.75 Å². The van der Waals surface area contributed by atoms with Crippen molar-refractivity contribution in [2.45, 2.75) is 18.9 Å². The summed E-state index contributed by atoms with van der Waals surface area (Å²) in [7, 11) is 1.41. The maximum absolute atomic E-state index is 10.7. The zero-order valence-electron chi connectivity index (χ0n) is 9.38. The fourth-order valence-corrected chi connectivity index (χ4v) is 1.59. The Morgan fingerprint density at radius 3 is 2.82 bits per heavy atom. The van der Waals surface area contributed by atoms with Crippen LogP contribution < -0.4 is 4.74 Å². The number of nitriles is 1. The van der Waals surface area contributed by atoms with Gasteiger partial charge in [0.2, 0.25) is 0 Å². The molecule has 17 heavy (non-hydrogen) atoms. The van der Waals surface area contributed by atoms with Gasteiger partial charge in [-0.2, -0.15) is 5.26 Å². The van der Waals surface area contributed by atoms with Gasteiger partial charge in [0.15, 0.2) is 6.10 Å². The highest BCUT2D eigenvalue weighted by atomic mass is 16.5. The second kappa shape index (κ2) is 5.87. The first-order chi connectivity index (χ1) is 8.11. The molecule has 0 saturated heterocycles. The Morgan fingerprint density at radius 2 is 2.29 bits per heavy atom. The van der Waals surface area contributed by atoms with E-state index in [1.807, 2.05) is 6.07 Å². The Hall–Kier alpha value is -2.06. The van der Waals surface area contributed by atoms with Crippen LogP contribution in [0.3, 0.4) is 0 Å². The summed E-state index contributed by atoms with van der Waals surface area (Å²) in [5.74, 6) is -1.00. The van der Waals surface area contributed by atoms with Crippen molar-refractivity contribution >= 4 is 5.97 Å². The number of benzene rings is 1. The van der Waals surface area contributed by atoms with Crippen LogP contribution in [0.25, 0.3) is 0 Å². The number of hydrogen-bond acceptors (Lipinski definition) is 4. The van der Waals surface area contributed by atoms with Crippen LogP contribution in [-0.2, 0) is 11.2 Å². The lowest BCUT2D eigenvalue weighted by Gasteiger charge is -2.14. The van der Waals surface area contributed by atoms with Crippen LogP contribution in [0.4, 0.5) is 0 Å². The number of carbonyl (C=O) groups is 1. The minimum atomic E-state index is -1.62. The summed E-state index contributed by atoms with van der Waals surface area (Å²) in [6.45, 7) is 0. The third-order valence-electron chi connectivity index (χ3n) is 2.37. The third kappa shape index (κ3) is 2.95. The fraction of sp³-hybridized carbons (Fsp3) is 0.333. The van der Waals surface area contributed by atoms with Crippen LogP contribution in [0.15, 0.2) is 18.2 Å². The van der Waals surface area contributed by atoms with Crippen LogP contribution in [0.2, 0.25) is 0 Å². The fourth-order valence-electron chi connectivity index (χ4n) is 1.59. The number of methoxy groups -OCH3 is 1. The summed E-state index contributed by atoms with van der Waals surface area (Å²) < 4.78 is 5.11. The minimum absolute atomic E-state index is 0.204. The standard InChI is InChI=1S/C12H13NO4/c1-17-11-8(5-3-7-13)4-2-6-9(11)10(14)12(15)16/h2,4,6,10,14H,3,5H2,1H3,(H,15,16). The van der Waals surface area contributed by atoms with E-state index in [0.29, 0.717) is 24.2 Å². The number of carboxylic acids is 1. The van der Waals surface area contributed by atoms with E-state index in [-0.39, 0.29) is 5.56 Å². The number of nitrogens with zero attached hydrogens (tertiary/aromatic N) is 1. The quantitative estimate of drug-likeness (QED) is 0.802. The summed E-state index contributed by atoms with van der Waals surface area (Å²) in [5, 5.41) is 26.8. The highest BCUT2D eigenvalue weighted by molar-refractivity contribution is 5.75. The van der Waals surface area contributed by atoms with Gasteiger partial charge >= 0.3 is 5.97 Å². The lowest BCUT2D eigenvalue weighted by atomic mass is 10.0. The molecule has 5 heteroatoms. The molecule has 5 nitrogen and oxygen atoms in total. The number of carboxylic acid groups (broad SMARTS) is 1. The van der Waals surface area contributed by atoms with Crippen molar-refractivity contribution in [3.63, 3.8) is 0 Å². The van der Waals surface area contributed by atoms with Crippen molar-refractivity contribution in [3.05, 3.63) is 29.3 Å². The summed E-state index contributed by atoms with van der Waals surface area (Å²) in [6.07, 6.45) is -0.852. The SMILES string of the molecule is COc1c(CCC#N)cccc1C(O)C(=O)O. The van der Waals surface area contributed by atoms with Crippen molar-refractivity contribution < 1.29 is 19.7 Å². The number of aryl methyl sites for hydroxylation is 1. The van der Waals surface area contributed by atoms with Crippen molar-refractivity contribution in [1.29, 1.82) is 5.26 Å². The average molecular weight is 235 g/mol. The first kappa shape index (κ1) is 13.0. The van der Waals surface area contributed by atoms with E-state index in [2.05, 4.69) is 0 Å². The summed E-state index contributed by atoms with van der Waals surface area (Å²) in [5.41, 5.74) is 0.919. The molecule has 1 aromatic rings. The van der Waals surface area contributed by atoms with Gasteiger partial charge in [0.1, 0.15) is 5.75 Å². The van der Waals surface area contributed by atoms with E-state index in [0.717, 1.165) is 0 Å². The Labute approximate surface area is 98.9 Å². The van der Waals surface area contributed by atoms with E-state index in [1.165, 1.54) is 13.2 Å². The number of aliphatic carboxylic acids is 1. The van der Waals surface area contributed by atoms with E-state index in [9.17, 15) is 9.90 Å². The van der Waals surface area contributed by atoms with Crippen LogP contribution in [0, 0.1) is 11.3 Å². The van der Waals surface area contributed by atoms with E-state index in [4.69, 9.17) is 15.1 Å². The predicted octanol–water partition coefficient (Wildman–Crippen LogP) is 1.27. The molecular formula is C12H13NO4. The summed E-state index contributed by atoms with van der Waals surface area (Å²) >= 11 is 0. The van der Waals surface area contributed by atoms with Gasteiger partial charge in [-0.3, -0.25) is 0 Å². The van der Waals surface area contributed by atoms with Gasteiger partial charge in [-0.05, 0) is 12.0 Å². The maximum atomic E-state index is 10.7. The molecule has 2 N–H and O–H groups in total. The molecule has 0 radical (unpaired) electrons. The second-order valence-electron chi connectivity index (χ2n) is 3.44. The minimum Gasteiger partial charge on any atom is -0.496 e. The summed E-state index contributed by atoms with van der Waals surface area (Å²) in [4.78, 5) is 10.7. The summed E-state index contributed by atoms with van der Waals surface area (Å²) in [6, 6.07) is 6.88. The normalized spacial score (nSPS) is 11.6. The first-order valence-electron chi connectivity index (χ1n) is 5.05. The molecule has 0 fully saturated rings. The van der Waals surface area contributed by atoms with E-state index < -0.39 is 12.1 Å². The molecule has 0 spiro atoms. The smallest absolute Gasteiger partial charge is 0.337 e. The van der Waals surface area contributed by atoms with E-state index in [1.54, 1.807) is 12.1 Å². The topological polar surface area (TPSA) is 90.5 Å². The van der Waals surface area contributed by atoms with E-state index >= 15 is 0 Å². The molecule has 0 bridgehead atoms. The molecule has 0 aliphatic carbocycles. The van der Waals surface area contributed by atoms with Gasteiger partial charge in [-0.25, -0.2) is 4.79 Å². The van der Waals surface area contributed by atoms with Gasteiger partial charge in [0.25, 0.3) is 0 Å². The lowest BCUT2D eigenvalue weighted by Crippen LogP contribution is -2.12. The van der Waals surface area contributed by atoms with Crippen molar-refractivity contribution in [1.82, 2.24) is 0 Å². The molecular weight excluding hydrogens is 222 g/mol. The number of aliphatic hydroxyl groups excluding tert-OH is 1. The van der Waals surface area contributed by atoms with Crippen LogP contribution >= 0.6 is 0 Å². The van der Waals surface area contributed by atoms with Crippen molar-refractivity contribution in [2.75, 3.05) is 7.11 Å². The molecule has 1 atom stereocenters.